The normalized spacial score (nSPS) is 12.0. The second-order valence-corrected chi connectivity index (χ2v) is 6.86. The maximum Gasteiger partial charge on any atom is 0.431 e. The van der Waals surface area contributed by atoms with Crippen molar-refractivity contribution >= 4 is 21.6 Å². The fraction of sp³-hybridized carbons (Fsp3) is 0.143. The molecule has 1 aromatic carbocycles. The molecule has 134 valence electrons. The maximum absolute atomic E-state index is 13.2. The summed E-state index contributed by atoms with van der Waals surface area (Å²) in [6.45, 7) is 0. The van der Waals surface area contributed by atoms with Crippen LogP contribution < -0.4 is 16.0 Å². The first kappa shape index (κ1) is 18.5. The smallest absolute Gasteiger partial charge is 0.365 e. The molecule has 0 saturated carbocycles. The zero-order chi connectivity index (χ0) is 19.0. The molecule has 0 fully saturated rings. The number of nitrogens with one attached hydrogen (secondary N) is 2. The van der Waals surface area contributed by atoms with Crippen molar-refractivity contribution < 1.29 is 26.4 Å². The first-order valence-electron chi connectivity index (χ1n) is 6.61. The molecule has 0 saturated heterocycles. The van der Waals surface area contributed by atoms with Crippen molar-refractivity contribution in [2.75, 3.05) is 11.0 Å². The SMILES string of the molecule is CS(=O)(=O)Nc1ccc(-c2cc(C(N)=O)c(=O)[nH]c2C(F)(F)F)cc1. The van der Waals surface area contributed by atoms with E-state index in [0.29, 0.717) is 0 Å². The Balaban J connectivity index is 2.62. The Bertz CT molecular complexity index is 980. The minimum Gasteiger partial charge on any atom is -0.365 e. The van der Waals surface area contributed by atoms with Gasteiger partial charge in [0.05, 0.1) is 6.26 Å². The first-order chi connectivity index (χ1) is 11.4. The van der Waals surface area contributed by atoms with E-state index < -0.39 is 44.5 Å². The van der Waals surface area contributed by atoms with Crippen molar-refractivity contribution in [1.29, 1.82) is 0 Å². The summed E-state index contributed by atoms with van der Waals surface area (Å²) in [5.74, 6) is -1.17. The third-order valence-corrected chi connectivity index (χ3v) is 3.70. The number of alkyl halides is 3. The Morgan fingerprint density at radius 2 is 1.76 bits per heavy atom. The number of carbonyl (C=O) groups excluding carboxylic acids is 1. The van der Waals surface area contributed by atoms with E-state index in [-0.39, 0.29) is 11.3 Å². The monoisotopic (exact) mass is 375 g/mol. The third-order valence-electron chi connectivity index (χ3n) is 3.09. The highest BCUT2D eigenvalue weighted by Gasteiger charge is 2.36. The average Bonchev–Trinajstić information content (AvgIpc) is 2.45. The third kappa shape index (κ3) is 4.38. The van der Waals surface area contributed by atoms with E-state index in [0.717, 1.165) is 12.3 Å². The molecule has 0 aliphatic rings. The van der Waals surface area contributed by atoms with Crippen LogP contribution in [0, 0.1) is 0 Å². The van der Waals surface area contributed by atoms with E-state index in [1.54, 1.807) is 4.98 Å². The number of sulfonamides is 1. The molecule has 0 spiro atoms. The number of amides is 1. The minimum absolute atomic E-state index is 0.00475. The minimum atomic E-state index is -4.88. The second-order valence-electron chi connectivity index (χ2n) is 5.11. The van der Waals surface area contributed by atoms with Gasteiger partial charge in [0.2, 0.25) is 10.0 Å². The number of pyridine rings is 1. The summed E-state index contributed by atoms with van der Waals surface area (Å²) in [6.07, 6.45) is -3.96. The number of nitrogens with two attached hydrogens (primary N) is 1. The van der Waals surface area contributed by atoms with Crippen LogP contribution in [0.1, 0.15) is 16.1 Å². The van der Waals surface area contributed by atoms with E-state index >= 15 is 0 Å². The molecule has 2 rings (SSSR count). The number of rotatable bonds is 4. The number of halogens is 3. The van der Waals surface area contributed by atoms with E-state index in [4.69, 9.17) is 5.73 Å². The number of H-pyrrole nitrogens is 1. The summed E-state index contributed by atoms with van der Waals surface area (Å²) in [4.78, 5) is 24.4. The van der Waals surface area contributed by atoms with Gasteiger partial charge in [0.1, 0.15) is 11.3 Å². The van der Waals surface area contributed by atoms with Gasteiger partial charge in [-0.15, -0.1) is 0 Å². The molecular formula is C14H12F3N3O4S. The number of hydrogen-bond acceptors (Lipinski definition) is 4. The molecule has 0 radical (unpaired) electrons. The van der Waals surface area contributed by atoms with E-state index in [1.807, 2.05) is 0 Å². The van der Waals surface area contributed by atoms with Crippen LogP contribution in [0.4, 0.5) is 18.9 Å². The van der Waals surface area contributed by atoms with Crippen molar-refractivity contribution in [3.63, 3.8) is 0 Å². The van der Waals surface area contributed by atoms with Gasteiger partial charge >= 0.3 is 6.18 Å². The van der Waals surface area contributed by atoms with E-state index in [1.165, 1.54) is 24.3 Å². The van der Waals surface area contributed by atoms with Crippen LogP contribution in [0.2, 0.25) is 0 Å². The molecule has 0 bridgehead atoms. The Morgan fingerprint density at radius 3 is 2.20 bits per heavy atom. The summed E-state index contributed by atoms with van der Waals surface area (Å²) in [5, 5.41) is 0. The van der Waals surface area contributed by atoms with Crippen LogP contribution in [-0.4, -0.2) is 25.6 Å². The largest absolute Gasteiger partial charge is 0.431 e. The molecule has 0 aliphatic heterocycles. The molecular weight excluding hydrogens is 363 g/mol. The van der Waals surface area contributed by atoms with Crippen LogP contribution in [0.5, 0.6) is 0 Å². The highest BCUT2D eigenvalue weighted by atomic mass is 32.2. The van der Waals surface area contributed by atoms with Crippen LogP contribution in [0.3, 0.4) is 0 Å². The lowest BCUT2D eigenvalue weighted by Crippen LogP contribution is -2.27. The van der Waals surface area contributed by atoms with E-state index in [2.05, 4.69) is 4.72 Å². The Kier molecular flexibility index (Phi) is 4.62. The fourth-order valence-corrected chi connectivity index (χ4v) is 2.66. The molecule has 1 amide bonds. The zero-order valence-electron chi connectivity index (χ0n) is 12.6. The van der Waals surface area contributed by atoms with Crippen molar-refractivity contribution in [3.8, 4) is 11.1 Å². The van der Waals surface area contributed by atoms with Crippen LogP contribution >= 0.6 is 0 Å². The highest BCUT2D eigenvalue weighted by molar-refractivity contribution is 7.92. The number of carbonyl (C=O) groups is 1. The lowest BCUT2D eigenvalue weighted by Gasteiger charge is -2.14. The van der Waals surface area contributed by atoms with Crippen LogP contribution in [0.15, 0.2) is 35.1 Å². The highest BCUT2D eigenvalue weighted by Crippen LogP contribution is 2.35. The summed E-state index contributed by atoms with van der Waals surface area (Å²) in [6, 6.07) is 5.66. The van der Waals surface area contributed by atoms with Gasteiger partial charge in [-0.05, 0) is 23.8 Å². The summed E-state index contributed by atoms with van der Waals surface area (Å²) in [5.41, 5.74) is 1.46. The van der Waals surface area contributed by atoms with Crippen LogP contribution in [-0.2, 0) is 16.2 Å². The Hall–Kier alpha value is -2.82. The number of anilines is 1. The van der Waals surface area contributed by atoms with Gasteiger partial charge in [-0.3, -0.25) is 14.3 Å². The summed E-state index contributed by atoms with van der Waals surface area (Å²) < 4.78 is 64.0. The number of benzene rings is 1. The molecule has 1 aromatic heterocycles. The molecule has 11 heteroatoms. The van der Waals surface area contributed by atoms with Crippen molar-refractivity contribution in [3.05, 3.63) is 51.9 Å². The molecule has 25 heavy (non-hydrogen) atoms. The second kappa shape index (κ2) is 6.24. The zero-order valence-corrected chi connectivity index (χ0v) is 13.5. The predicted molar refractivity (Wildman–Crippen MR) is 84.5 cm³/mol. The van der Waals surface area contributed by atoms with Gasteiger partial charge in [-0.25, -0.2) is 8.42 Å². The standard InChI is InChI=1S/C14H12F3N3O4S/c1-25(23,24)20-8-4-2-7(3-5-8)9-6-10(12(18)21)13(22)19-11(9)14(15,16)17/h2-6,20H,1H3,(H2,18,21)(H,19,22). The average molecular weight is 375 g/mol. The van der Waals surface area contributed by atoms with Crippen LogP contribution in [0.25, 0.3) is 11.1 Å². The number of aromatic amines is 1. The van der Waals surface area contributed by atoms with E-state index in [9.17, 15) is 31.2 Å². The molecule has 7 nitrogen and oxygen atoms in total. The van der Waals surface area contributed by atoms with Gasteiger partial charge in [0, 0.05) is 11.3 Å². The maximum atomic E-state index is 13.2. The van der Waals surface area contributed by atoms with Crippen molar-refractivity contribution in [2.45, 2.75) is 6.18 Å². The number of hydrogen-bond donors (Lipinski definition) is 3. The van der Waals surface area contributed by atoms with Gasteiger partial charge in [-0.1, -0.05) is 12.1 Å². The molecule has 1 heterocycles. The molecule has 2 aromatic rings. The van der Waals surface area contributed by atoms with Crippen molar-refractivity contribution in [1.82, 2.24) is 4.98 Å². The first-order valence-corrected chi connectivity index (χ1v) is 8.50. The van der Waals surface area contributed by atoms with Gasteiger partial charge in [0.15, 0.2) is 0 Å². The molecule has 4 N–H and O–H groups in total. The summed E-state index contributed by atoms with van der Waals surface area (Å²) >= 11 is 0. The topological polar surface area (TPSA) is 122 Å². The lowest BCUT2D eigenvalue weighted by molar-refractivity contribution is -0.140. The number of aromatic nitrogens is 1. The molecule has 0 unspecified atom stereocenters. The van der Waals surface area contributed by atoms with Gasteiger partial charge in [0.25, 0.3) is 11.5 Å². The lowest BCUT2D eigenvalue weighted by atomic mass is 10.0. The quantitative estimate of drug-likeness (QED) is 0.750. The Morgan fingerprint density at radius 1 is 1.20 bits per heavy atom. The fourth-order valence-electron chi connectivity index (χ4n) is 2.10. The predicted octanol–water partition coefficient (Wildman–Crippen LogP) is 1.53. The summed E-state index contributed by atoms with van der Waals surface area (Å²) in [7, 11) is -3.55. The number of primary amides is 1. The van der Waals surface area contributed by atoms with Gasteiger partial charge in [-0.2, -0.15) is 13.2 Å². The van der Waals surface area contributed by atoms with Gasteiger partial charge < -0.3 is 10.7 Å². The molecule has 0 atom stereocenters. The Labute approximate surface area is 139 Å². The van der Waals surface area contributed by atoms with Crippen molar-refractivity contribution in [2.24, 2.45) is 5.73 Å². The molecule has 0 aliphatic carbocycles.